The molecule has 1 saturated heterocycles. The summed E-state index contributed by atoms with van der Waals surface area (Å²) in [5, 5.41) is 32.7. The third-order valence-electron chi connectivity index (χ3n) is 3.42. The second-order valence-electron chi connectivity index (χ2n) is 5.10. The molecule has 0 radical (unpaired) electrons. The number of nitro groups is 1. The van der Waals surface area contributed by atoms with Crippen LogP contribution in [0.3, 0.4) is 0 Å². The number of aromatic nitrogens is 2. The number of imidazole rings is 1. The monoisotopic (exact) mass is 270 g/mol. The Hall–Kier alpha value is -1.67. The van der Waals surface area contributed by atoms with Gasteiger partial charge in [-0.3, -0.25) is 4.90 Å². The van der Waals surface area contributed by atoms with Crippen molar-refractivity contribution in [1.82, 2.24) is 9.47 Å². The van der Waals surface area contributed by atoms with Gasteiger partial charge in [-0.25, -0.2) is 0 Å². The van der Waals surface area contributed by atoms with Gasteiger partial charge in [-0.15, -0.1) is 9.30 Å². The van der Waals surface area contributed by atoms with E-state index in [2.05, 4.69) is 4.90 Å². The van der Waals surface area contributed by atoms with Crippen molar-refractivity contribution in [2.75, 3.05) is 19.6 Å². The number of piperidine rings is 1. The zero-order chi connectivity index (χ0) is 14.0. The van der Waals surface area contributed by atoms with Crippen LogP contribution < -0.4 is 4.73 Å². The minimum absolute atomic E-state index is 0.157. The SMILES string of the molecule is CC(O)(CN1CCCCC1)n1cc[n+]([O-])c1[N+](=O)[O-]. The summed E-state index contributed by atoms with van der Waals surface area (Å²) < 4.78 is 1.18. The number of rotatable bonds is 4. The fourth-order valence-corrected chi connectivity index (χ4v) is 2.53. The van der Waals surface area contributed by atoms with Crippen LogP contribution in [0.4, 0.5) is 5.95 Å². The van der Waals surface area contributed by atoms with Gasteiger partial charge in [0.1, 0.15) is 0 Å². The molecular weight excluding hydrogens is 252 g/mol. The maximum Gasteiger partial charge on any atom is 0.587 e. The highest BCUT2D eigenvalue weighted by Crippen LogP contribution is 2.21. The first kappa shape index (κ1) is 13.8. The van der Waals surface area contributed by atoms with Crippen LogP contribution in [0.15, 0.2) is 12.4 Å². The van der Waals surface area contributed by atoms with Crippen molar-refractivity contribution < 1.29 is 14.8 Å². The fourth-order valence-electron chi connectivity index (χ4n) is 2.53. The van der Waals surface area contributed by atoms with Gasteiger partial charge in [0.15, 0.2) is 12.4 Å². The molecule has 0 amide bonds. The van der Waals surface area contributed by atoms with Gasteiger partial charge in [0.2, 0.25) is 5.72 Å². The van der Waals surface area contributed by atoms with E-state index in [4.69, 9.17) is 0 Å². The molecule has 1 unspecified atom stereocenters. The smallest absolute Gasteiger partial charge is 0.587 e. The number of likely N-dealkylation sites (tertiary alicyclic amines) is 1. The Bertz CT molecular complexity index is 465. The third-order valence-corrected chi connectivity index (χ3v) is 3.42. The van der Waals surface area contributed by atoms with Gasteiger partial charge in [0, 0.05) is 6.92 Å². The zero-order valence-corrected chi connectivity index (χ0v) is 10.9. The molecule has 2 heterocycles. The Labute approximate surface area is 110 Å². The maximum absolute atomic E-state index is 11.3. The summed E-state index contributed by atoms with van der Waals surface area (Å²) in [6.45, 7) is 3.47. The summed E-state index contributed by atoms with van der Waals surface area (Å²) >= 11 is 0. The normalized spacial score (nSPS) is 20.1. The largest absolute Gasteiger partial charge is 0.675 e. The topological polar surface area (TPSA) is 98.5 Å². The second-order valence-corrected chi connectivity index (χ2v) is 5.10. The molecule has 0 spiro atoms. The average molecular weight is 270 g/mol. The van der Waals surface area contributed by atoms with Gasteiger partial charge < -0.3 is 20.4 Å². The molecule has 0 bridgehead atoms. The van der Waals surface area contributed by atoms with E-state index < -0.39 is 16.6 Å². The van der Waals surface area contributed by atoms with Gasteiger partial charge in [-0.2, -0.15) is 0 Å². The fraction of sp³-hybridized carbons (Fsp3) is 0.727. The van der Waals surface area contributed by atoms with Crippen molar-refractivity contribution in [3.63, 3.8) is 0 Å². The molecule has 1 fully saturated rings. The van der Waals surface area contributed by atoms with Crippen LogP contribution in [0.5, 0.6) is 0 Å². The lowest BCUT2D eigenvalue weighted by molar-refractivity contribution is -0.666. The first-order chi connectivity index (χ1) is 8.92. The highest BCUT2D eigenvalue weighted by molar-refractivity contribution is 5.02. The van der Waals surface area contributed by atoms with Gasteiger partial charge >= 0.3 is 5.95 Å². The van der Waals surface area contributed by atoms with E-state index in [0.29, 0.717) is 0 Å². The maximum atomic E-state index is 11.3. The molecule has 1 aromatic heterocycles. The number of hydrogen-bond acceptors (Lipinski definition) is 5. The van der Waals surface area contributed by atoms with Crippen LogP contribution in [-0.4, -0.2) is 39.1 Å². The number of nitrogens with zero attached hydrogens (tertiary/aromatic N) is 4. The number of hydrogen-bond donors (Lipinski definition) is 1. The summed E-state index contributed by atoms with van der Waals surface area (Å²) in [4.78, 5) is 12.2. The molecule has 0 aromatic carbocycles. The van der Waals surface area contributed by atoms with E-state index in [1.165, 1.54) is 19.5 Å². The average Bonchev–Trinajstić information content (AvgIpc) is 2.72. The van der Waals surface area contributed by atoms with E-state index >= 15 is 0 Å². The Morgan fingerprint density at radius 2 is 2.11 bits per heavy atom. The second kappa shape index (κ2) is 5.14. The predicted octanol–water partition coefficient (Wildman–Crippen LogP) is 0.181. The van der Waals surface area contributed by atoms with Crippen molar-refractivity contribution in [2.45, 2.75) is 31.9 Å². The quantitative estimate of drug-likeness (QED) is 0.364. The molecular formula is C11H18N4O4. The van der Waals surface area contributed by atoms with Crippen LogP contribution in [-0.2, 0) is 5.72 Å². The third kappa shape index (κ3) is 2.85. The van der Waals surface area contributed by atoms with E-state index in [-0.39, 0.29) is 11.3 Å². The van der Waals surface area contributed by atoms with Gasteiger partial charge in [-0.05, 0) is 25.9 Å². The van der Waals surface area contributed by atoms with E-state index in [0.717, 1.165) is 36.7 Å². The van der Waals surface area contributed by atoms with Crippen LogP contribution in [0.25, 0.3) is 0 Å². The van der Waals surface area contributed by atoms with E-state index in [1.54, 1.807) is 0 Å². The lowest BCUT2D eigenvalue weighted by Crippen LogP contribution is -2.46. The first-order valence-corrected chi connectivity index (χ1v) is 6.32. The van der Waals surface area contributed by atoms with Gasteiger partial charge in [-0.1, -0.05) is 6.42 Å². The molecule has 1 N–H and O–H groups in total. The van der Waals surface area contributed by atoms with E-state index in [9.17, 15) is 20.4 Å². The number of aliphatic hydroxyl groups is 1. The lowest BCUT2D eigenvalue weighted by Gasteiger charge is -2.30. The summed E-state index contributed by atoms with van der Waals surface area (Å²) in [7, 11) is 0. The molecule has 0 aliphatic carbocycles. The van der Waals surface area contributed by atoms with Crippen LogP contribution >= 0.6 is 0 Å². The molecule has 19 heavy (non-hydrogen) atoms. The molecule has 1 aliphatic heterocycles. The van der Waals surface area contributed by atoms with Crippen molar-refractivity contribution >= 4 is 5.95 Å². The van der Waals surface area contributed by atoms with Crippen LogP contribution in [0.2, 0.25) is 0 Å². The van der Waals surface area contributed by atoms with Gasteiger partial charge in [0.05, 0.1) is 11.5 Å². The van der Waals surface area contributed by atoms with Crippen molar-refractivity contribution in [3.8, 4) is 0 Å². The van der Waals surface area contributed by atoms with Crippen molar-refractivity contribution in [2.24, 2.45) is 0 Å². The zero-order valence-electron chi connectivity index (χ0n) is 10.9. The molecule has 1 atom stereocenters. The van der Waals surface area contributed by atoms with Crippen LogP contribution in [0, 0.1) is 15.3 Å². The van der Waals surface area contributed by atoms with Crippen LogP contribution in [0.1, 0.15) is 26.2 Å². The van der Waals surface area contributed by atoms with Gasteiger partial charge in [0.25, 0.3) is 0 Å². The molecule has 2 rings (SSSR count). The minimum atomic E-state index is -1.48. The molecule has 1 aliphatic rings. The predicted molar refractivity (Wildman–Crippen MR) is 66.2 cm³/mol. The van der Waals surface area contributed by atoms with E-state index in [1.807, 2.05) is 0 Å². The van der Waals surface area contributed by atoms with Crippen molar-refractivity contribution in [3.05, 3.63) is 27.7 Å². The molecule has 1 aromatic rings. The Morgan fingerprint density at radius 1 is 1.47 bits per heavy atom. The number of β-amino-alcohol motifs (C(OH)–C–C–N with tert-alkyl or cyclic N) is 1. The lowest BCUT2D eigenvalue weighted by atomic mass is 10.1. The Balaban J connectivity index is 2.20. The van der Waals surface area contributed by atoms with Crippen molar-refractivity contribution in [1.29, 1.82) is 0 Å². The summed E-state index contributed by atoms with van der Waals surface area (Å²) in [6.07, 6.45) is 5.57. The Morgan fingerprint density at radius 3 is 2.68 bits per heavy atom. The molecule has 0 saturated carbocycles. The summed E-state index contributed by atoms with van der Waals surface area (Å²) in [5.41, 5.74) is -1.48. The summed E-state index contributed by atoms with van der Waals surface area (Å²) in [6, 6.07) is 0. The minimum Gasteiger partial charge on any atom is -0.675 e. The summed E-state index contributed by atoms with van der Waals surface area (Å²) in [5.74, 6) is -0.665. The first-order valence-electron chi connectivity index (χ1n) is 6.32. The standard InChI is InChI=1S/C11H18N4O4/c1-11(16,9-12-5-3-2-4-6-12)13-7-8-14(17)10(13)15(18)19/h7-8,16H,2-6,9H2,1H3. The molecule has 8 heteroatoms. The Kier molecular flexibility index (Phi) is 3.72. The highest BCUT2D eigenvalue weighted by atomic mass is 16.6. The highest BCUT2D eigenvalue weighted by Gasteiger charge is 2.41. The molecule has 106 valence electrons. The molecule has 8 nitrogen and oxygen atoms in total.